The van der Waals surface area contributed by atoms with Gasteiger partial charge in [-0.15, -0.1) is 4.47 Å². The van der Waals surface area contributed by atoms with Crippen molar-refractivity contribution in [2.75, 3.05) is 7.11 Å². The first-order chi connectivity index (χ1) is 5.95. The number of rotatable bonds is 1. The van der Waals surface area contributed by atoms with E-state index >= 15 is 0 Å². The summed E-state index contributed by atoms with van der Waals surface area (Å²) in [4.78, 5) is 3.55. The van der Waals surface area contributed by atoms with Crippen LogP contribution in [0.1, 0.15) is 5.56 Å². The molecular weight excluding hydrogens is 258 g/mol. The Morgan fingerprint density at radius 1 is 1.50 bits per heavy atom. The summed E-state index contributed by atoms with van der Waals surface area (Å²) in [7, 11) is 1.23. The van der Waals surface area contributed by atoms with E-state index in [2.05, 4.69) is 25.7 Å². The Bertz CT molecular complexity index is 318. The van der Waals surface area contributed by atoms with Crippen LogP contribution in [0.2, 0.25) is 0 Å². The second kappa shape index (κ2) is 5.06. The summed E-state index contributed by atoms with van der Waals surface area (Å²) in [5, 5.41) is 0. The fourth-order valence-electron chi connectivity index (χ4n) is 0.689. The number of hydrogen-bond donors (Lipinski definition) is 0. The molecule has 1 aromatic rings. The zero-order valence-corrected chi connectivity index (χ0v) is 9.03. The van der Waals surface area contributed by atoms with Crippen LogP contribution < -0.4 is 23.6 Å². The summed E-state index contributed by atoms with van der Waals surface area (Å²) < 4.78 is 41.0. The molecule has 0 N–H and O–H groups in total. The van der Waals surface area contributed by atoms with E-state index in [0.29, 0.717) is 0 Å². The molecule has 0 fully saturated rings. The predicted octanol–water partition coefficient (Wildman–Crippen LogP) is -0.324. The van der Waals surface area contributed by atoms with Crippen LogP contribution in [0.25, 0.3) is 0 Å². The van der Waals surface area contributed by atoms with Gasteiger partial charge in [-0.3, -0.25) is 4.98 Å². The Hall–Kier alpha value is -0.183. The van der Waals surface area contributed by atoms with Gasteiger partial charge in [-0.2, -0.15) is 35.2 Å². The molecule has 0 bridgehead atoms. The molecule has 0 aliphatic carbocycles. The normalized spacial score (nSPS) is 10.6. The van der Waals surface area contributed by atoms with Gasteiger partial charge in [0.15, 0.2) is 0 Å². The number of halogens is 4. The van der Waals surface area contributed by atoms with Gasteiger partial charge in [0.2, 0.25) is 0 Å². The predicted molar refractivity (Wildman–Crippen MR) is 42.3 cm³/mol. The number of pyridine rings is 1. The third-order valence-electron chi connectivity index (χ3n) is 1.24. The molecule has 1 aromatic heterocycles. The molecule has 1 rings (SSSR count). The molecule has 0 saturated carbocycles. The number of alkyl halides is 3. The largest absolute Gasteiger partial charge is 1.00 e. The van der Waals surface area contributed by atoms with Gasteiger partial charge >= 0.3 is 25.0 Å². The number of aromatic nitrogens is 1. The van der Waals surface area contributed by atoms with Gasteiger partial charge in [0.1, 0.15) is 5.88 Å². The first-order valence-electron chi connectivity index (χ1n) is 3.14. The van der Waals surface area contributed by atoms with Crippen molar-refractivity contribution in [3.63, 3.8) is 0 Å². The molecule has 0 amide bonds. The van der Waals surface area contributed by atoms with Crippen LogP contribution in [-0.4, -0.2) is 12.1 Å². The summed E-state index contributed by atoms with van der Waals surface area (Å²) >= 11 is 2.73. The molecule has 7 heteroatoms. The molecule has 0 atom stereocenters. The maximum absolute atomic E-state index is 12.2. The van der Waals surface area contributed by atoms with E-state index in [4.69, 9.17) is 0 Å². The van der Waals surface area contributed by atoms with Crippen molar-refractivity contribution in [1.29, 1.82) is 0 Å². The SMILES string of the molecule is COc1[c-]c(C(F)(F)F)c(Br)cn1.[Li+]. The van der Waals surface area contributed by atoms with Crippen LogP contribution in [0.15, 0.2) is 10.7 Å². The van der Waals surface area contributed by atoms with Crippen molar-refractivity contribution < 1.29 is 36.8 Å². The van der Waals surface area contributed by atoms with Gasteiger partial charge in [0.25, 0.3) is 0 Å². The Morgan fingerprint density at radius 2 is 2.07 bits per heavy atom. The molecule has 72 valence electrons. The van der Waals surface area contributed by atoms with Crippen LogP contribution in [0.4, 0.5) is 13.2 Å². The van der Waals surface area contributed by atoms with Crippen LogP contribution in [0, 0.1) is 6.07 Å². The van der Waals surface area contributed by atoms with Crippen molar-refractivity contribution in [3.8, 4) is 5.88 Å². The van der Waals surface area contributed by atoms with Crippen molar-refractivity contribution >= 4 is 15.9 Å². The topological polar surface area (TPSA) is 22.1 Å². The quantitative estimate of drug-likeness (QED) is 0.511. The van der Waals surface area contributed by atoms with E-state index < -0.39 is 11.7 Å². The second-order valence-electron chi connectivity index (χ2n) is 2.11. The van der Waals surface area contributed by atoms with Gasteiger partial charge in [-0.25, -0.2) is 0 Å². The number of ether oxygens (including phenoxy) is 1. The van der Waals surface area contributed by atoms with Crippen LogP contribution in [0.5, 0.6) is 5.88 Å². The van der Waals surface area contributed by atoms with E-state index in [-0.39, 0.29) is 29.2 Å². The average Bonchev–Trinajstić information content (AvgIpc) is 2.03. The first kappa shape index (κ1) is 13.8. The van der Waals surface area contributed by atoms with Crippen molar-refractivity contribution in [2.24, 2.45) is 0 Å². The monoisotopic (exact) mass is 261 g/mol. The molecule has 1 heterocycles. The van der Waals surface area contributed by atoms with Gasteiger partial charge in [0.05, 0.1) is 7.11 Å². The van der Waals surface area contributed by atoms with Crippen molar-refractivity contribution in [1.82, 2.24) is 4.98 Å². The molecule has 0 unspecified atom stereocenters. The maximum Gasteiger partial charge on any atom is 1.00 e. The Kier molecular flexibility index (Phi) is 4.99. The van der Waals surface area contributed by atoms with Crippen LogP contribution >= 0.6 is 15.9 Å². The minimum atomic E-state index is -4.45. The summed E-state index contributed by atoms with van der Waals surface area (Å²) in [5.74, 6) is -0.185. The third kappa shape index (κ3) is 3.19. The number of hydrogen-bond acceptors (Lipinski definition) is 2. The van der Waals surface area contributed by atoms with E-state index in [0.717, 1.165) is 6.20 Å². The van der Waals surface area contributed by atoms with Gasteiger partial charge in [-0.05, 0) is 6.20 Å². The Labute approximate surface area is 99.2 Å². The second-order valence-corrected chi connectivity index (χ2v) is 2.97. The van der Waals surface area contributed by atoms with Gasteiger partial charge in [-0.1, -0.05) is 5.56 Å². The molecule has 0 aromatic carbocycles. The molecule has 0 spiro atoms. The minimum Gasteiger partial charge on any atom is -0.497 e. The zero-order chi connectivity index (χ0) is 10.1. The van der Waals surface area contributed by atoms with Gasteiger partial charge < -0.3 is 4.74 Å². The number of methoxy groups -OCH3 is 1. The molecule has 2 nitrogen and oxygen atoms in total. The summed E-state index contributed by atoms with van der Waals surface area (Å²) in [6, 6.07) is 2.00. The molecular formula is C7H4BrF3LiNO. The fraction of sp³-hybridized carbons (Fsp3) is 0.286. The van der Waals surface area contributed by atoms with Gasteiger partial charge in [0, 0.05) is 0 Å². The fourth-order valence-corrected chi connectivity index (χ4v) is 1.12. The summed E-state index contributed by atoms with van der Waals surface area (Å²) in [6.45, 7) is 0. The first-order valence-corrected chi connectivity index (χ1v) is 3.93. The van der Waals surface area contributed by atoms with E-state index in [1.54, 1.807) is 0 Å². The summed E-state index contributed by atoms with van der Waals surface area (Å²) in [6.07, 6.45) is -3.42. The molecule has 14 heavy (non-hydrogen) atoms. The van der Waals surface area contributed by atoms with Crippen molar-refractivity contribution in [2.45, 2.75) is 6.18 Å². The number of nitrogens with zero attached hydrogens (tertiary/aromatic N) is 1. The zero-order valence-electron chi connectivity index (χ0n) is 7.44. The van der Waals surface area contributed by atoms with Crippen LogP contribution in [-0.2, 0) is 6.18 Å². The Morgan fingerprint density at radius 3 is 2.50 bits per heavy atom. The third-order valence-corrected chi connectivity index (χ3v) is 1.84. The molecule has 0 aliphatic rings. The van der Waals surface area contributed by atoms with Crippen molar-refractivity contribution in [3.05, 3.63) is 22.3 Å². The molecule has 0 aliphatic heterocycles. The van der Waals surface area contributed by atoms with E-state index in [1.165, 1.54) is 7.11 Å². The standard InChI is InChI=1S/C7H4BrF3NO.Li/c1-13-6-2-4(7(9,10)11)5(8)3-12-6;/h3H,1H3;/q-1;+1. The molecule has 0 saturated heterocycles. The average molecular weight is 262 g/mol. The Balaban J connectivity index is 0.00000169. The van der Waals surface area contributed by atoms with Crippen LogP contribution in [0.3, 0.4) is 0 Å². The smallest absolute Gasteiger partial charge is 0.497 e. The van der Waals surface area contributed by atoms with E-state index in [9.17, 15) is 13.2 Å². The van der Waals surface area contributed by atoms with E-state index in [1.807, 2.05) is 6.07 Å². The molecule has 0 radical (unpaired) electrons. The maximum atomic E-state index is 12.2. The summed E-state index contributed by atoms with van der Waals surface area (Å²) in [5.41, 5.74) is -0.917. The minimum absolute atomic E-state index is 0.